The molecule has 3 aromatic carbocycles. The molecule has 0 amide bonds. The van der Waals surface area contributed by atoms with Gasteiger partial charge in [-0.25, -0.2) is 0 Å². The summed E-state index contributed by atoms with van der Waals surface area (Å²) in [5.41, 5.74) is 0. The molecule has 0 radical (unpaired) electrons. The Hall–Kier alpha value is -1.12. The van der Waals surface area contributed by atoms with Gasteiger partial charge in [0.25, 0.3) is 0 Å². The van der Waals surface area contributed by atoms with E-state index in [0.29, 0.717) is 0 Å². The smallest absolute Gasteiger partial charge is 0.0119 e. The first-order chi connectivity index (χ1) is 8.31. The average Bonchev–Trinajstić information content (AvgIpc) is 2.36. The average molecular weight is 256 g/mol. The zero-order valence-corrected chi connectivity index (χ0v) is 11.0. The van der Waals surface area contributed by atoms with Crippen LogP contribution in [0.3, 0.4) is 0 Å². The zero-order valence-electron chi connectivity index (χ0n) is 9.22. The molecule has 0 spiro atoms. The molecule has 0 aliphatic rings. The highest BCUT2D eigenvalue weighted by molar-refractivity contribution is 7.80. The third kappa shape index (κ3) is 1.72. The molecule has 0 saturated heterocycles. The summed E-state index contributed by atoms with van der Waals surface area (Å²) >= 11 is 8.81. The van der Waals surface area contributed by atoms with Crippen molar-refractivity contribution in [3.63, 3.8) is 0 Å². The van der Waals surface area contributed by atoms with Crippen LogP contribution in [-0.2, 0) is 0 Å². The summed E-state index contributed by atoms with van der Waals surface area (Å²) in [5, 5.41) is 6.32. The highest BCUT2D eigenvalue weighted by Gasteiger charge is 2.04. The molecular weight excluding hydrogens is 244 g/mol. The standard InChI is InChI=1S/C15H12S2/c16-9-8-10-4-6-13-14(17)7-5-11-2-1-3-12(10)15(11)13/h1-8,16-17H,9H2. The topological polar surface area (TPSA) is 0 Å². The van der Waals surface area contributed by atoms with Gasteiger partial charge >= 0.3 is 0 Å². The second kappa shape index (κ2) is 4.28. The first kappa shape index (κ1) is 11.0. The molecule has 0 unspecified atom stereocenters. The maximum absolute atomic E-state index is 4.53. The second-order valence-electron chi connectivity index (χ2n) is 4.08. The van der Waals surface area contributed by atoms with Gasteiger partial charge in [-0.3, -0.25) is 0 Å². The van der Waals surface area contributed by atoms with Crippen LogP contribution in [0.1, 0.15) is 0 Å². The monoisotopic (exact) mass is 256 g/mol. The van der Waals surface area contributed by atoms with Crippen LogP contribution in [0.25, 0.3) is 27.6 Å². The predicted octanol–water partition coefficient (Wildman–Crippen LogP) is 3.71. The van der Waals surface area contributed by atoms with E-state index < -0.39 is 0 Å². The summed E-state index contributed by atoms with van der Waals surface area (Å²) < 4.78 is 0. The lowest BCUT2D eigenvalue weighted by atomic mass is 9.99. The first-order valence-corrected chi connectivity index (χ1v) is 6.63. The zero-order chi connectivity index (χ0) is 11.8. The van der Waals surface area contributed by atoms with E-state index in [1.165, 1.54) is 26.8 Å². The van der Waals surface area contributed by atoms with Gasteiger partial charge in [-0.15, -0.1) is 12.6 Å². The van der Waals surface area contributed by atoms with E-state index in [2.05, 4.69) is 73.8 Å². The SMILES string of the molecule is SCC=c1ccc2c(S)ccc3cccc1c32. The molecule has 0 atom stereocenters. The van der Waals surface area contributed by atoms with E-state index >= 15 is 0 Å². The van der Waals surface area contributed by atoms with Crippen molar-refractivity contribution in [2.75, 3.05) is 5.75 Å². The van der Waals surface area contributed by atoms with Crippen molar-refractivity contribution < 1.29 is 0 Å². The van der Waals surface area contributed by atoms with Crippen molar-refractivity contribution in [3.05, 3.63) is 47.7 Å². The number of rotatable bonds is 1. The Morgan fingerprint density at radius 2 is 1.82 bits per heavy atom. The van der Waals surface area contributed by atoms with Crippen LogP contribution in [0.4, 0.5) is 0 Å². The van der Waals surface area contributed by atoms with Gasteiger partial charge in [-0.2, -0.15) is 12.6 Å². The van der Waals surface area contributed by atoms with Gasteiger partial charge in [0, 0.05) is 10.6 Å². The summed E-state index contributed by atoms with van der Waals surface area (Å²) in [5.74, 6) is 0.756. The van der Waals surface area contributed by atoms with Crippen molar-refractivity contribution in [2.45, 2.75) is 4.90 Å². The van der Waals surface area contributed by atoms with Gasteiger partial charge in [0.05, 0.1) is 0 Å². The molecule has 0 fully saturated rings. The van der Waals surface area contributed by atoms with Gasteiger partial charge < -0.3 is 0 Å². The summed E-state index contributed by atoms with van der Waals surface area (Å²) in [7, 11) is 0. The van der Waals surface area contributed by atoms with E-state index in [1.54, 1.807) is 0 Å². The number of benzene rings is 3. The van der Waals surface area contributed by atoms with Crippen LogP contribution in [0.15, 0.2) is 47.4 Å². The van der Waals surface area contributed by atoms with Crippen LogP contribution in [0, 0.1) is 0 Å². The lowest BCUT2D eigenvalue weighted by Gasteiger charge is -2.08. The van der Waals surface area contributed by atoms with Crippen LogP contribution in [0.2, 0.25) is 0 Å². The Kier molecular flexibility index (Phi) is 2.77. The van der Waals surface area contributed by atoms with Crippen LogP contribution in [-0.4, -0.2) is 5.75 Å². The first-order valence-electron chi connectivity index (χ1n) is 5.55. The van der Waals surface area contributed by atoms with E-state index in [0.717, 1.165) is 10.6 Å². The Morgan fingerprint density at radius 1 is 0.941 bits per heavy atom. The number of thiol groups is 2. The summed E-state index contributed by atoms with van der Waals surface area (Å²) in [6.07, 6.45) is 2.14. The maximum Gasteiger partial charge on any atom is 0.0119 e. The minimum absolute atomic E-state index is 0.756. The van der Waals surface area contributed by atoms with Crippen molar-refractivity contribution in [1.29, 1.82) is 0 Å². The molecule has 0 aliphatic heterocycles. The fourth-order valence-electron chi connectivity index (χ4n) is 2.34. The van der Waals surface area contributed by atoms with Gasteiger partial charge in [-0.05, 0) is 32.8 Å². The lowest BCUT2D eigenvalue weighted by Crippen LogP contribution is -2.02. The van der Waals surface area contributed by atoms with Gasteiger partial charge in [0.1, 0.15) is 0 Å². The molecule has 0 bridgehead atoms. The Morgan fingerprint density at radius 3 is 2.65 bits per heavy atom. The second-order valence-corrected chi connectivity index (χ2v) is 4.92. The van der Waals surface area contributed by atoms with Gasteiger partial charge in [0.15, 0.2) is 0 Å². The summed E-state index contributed by atoms with van der Waals surface area (Å²) in [6, 6.07) is 14.9. The Bertz CT molecular complexity index is 744. The molecule has 0 nitrogen and oxygen atoms in total. The van der Waals surface area contributed by atoms with Crippen molar-refractivity contribution in [2.24, 2.45) is 0 Å². The predicted molar refractivity (Wildman–Crippen MR) is 82.2 cm³/mol. The molecule has 0 saturated carbocycles. The van der Waals surface area contributed by atoms with Crippen molar-refractivity contribution >= 4 is 52.9 Å². The van der Waals surface area contributed by atoms with Gasteiger partial charge in [-0.1, -0.05) is 42.5 Å². The van der Waals surface area contributed by atoms with E-state index in [4.69, 9.17) is 0 Å². The molecule has 0 aliphatic carbocycles. The molecule has 3 aromatic rings. The Balaban J connectivity index is 2.62. The Labute approximate surface area is 111 Å². The molecule has 2 heteroatoms. The quantitative estimate of drug-likeness (QED) is 0.609. The molecular formula is C15H12S2. The van der Waals surface area contributed by atoms with E-state index in [-0.39, 0.29) is 0 Å². The molecule has 0 N–H and O–H groups in total. The molecule has 0 heterocycles. The van der Waals surface area contributed by atoms with Crippen molar-refractivity contribution in [1.82, 2.24) is 0 Å². The maximum atomic E-state index is 4.53. The highest BCUT2D eigenvalue weighted by atomic mass is 32.1. The number of hydrogen-bond acceptors (Lipinski definition) is 2. The highest BCUT2D eigenvalue weighted by Crippen LogP contribution is 2.29. The fourth-order valence-corrected chi connectivity index (χ4v) is 2.80. The fraction of sp³-hybridized carbons (Fsp3) is 0.0667. The number of hydrogen-bond donors (Lipinski definition) is 2. The largest absolute Gasteiger partial charge is 0.175 e. The molecule has 0 aromatic heterocycles. The third-order valence-corrected chi connectivity index (χ3v) is 3.69. The summed E-state index contributed by atoms with van der Waals surface area (Å²) in [4.78, 5) is 1.03. The normalized spacial score (nSPS) is 12.7. The minimum atomic E-state index is 0.756. The van der Waals surface area contributed by atoms with E-state index in [9.17, 15) is 0 Å². The van der Waals surface area contributed by atoms with Crippen LogP contribution >= 0.6 is 25.3 Å². The van der Waals surface area contributed by atoms with Crippen molar-refractivity contribution in [3.8, 4) is 0 Å². The van der Waals surface area contributed by atoms with E-state index in [1.807, 2.05) is 0 Å². The van der Waals surface area contributed by atoms with Crippen LogP contribution in [0.5, 0.6) is 0 Å². The minimum Gasteiger partial charge on any atom is -0.175 e. The third-order valence-electron chi connectivity index (χ3n) is 3.11. The summed E-state index contributed by atoms with van der Waals surface area (Å²) in [6.45, 7) is 0. The molecule has 17 heavy (non-hydrogen) atoms. The van der Waals surface area contributed by atoms with Crippen LogP contribution < -0.4 is 5.22 Å². The molecule has 84 valence electrons. The lowest BCUT2D eigenvalue weighted by molar-refractivity contribution is 1.57. The van der Waals surface area contributed by atoms with Gasteiger partial charge in [0.2, 0.25) is 0 Å². The molecule has 3 rings (SSSR count).